The highest BCUT2D eigenvalue weighted by Crippen LogP contribution is 2.18. The summed E-state index contributed by atoms with van der Waals surface area (Å²) in [6.45, 7) is 1.72. The van der Waals surface area contributed by atoms with Gasteiger partial charge < -0.3 is 15.6 Å². The second-order valence-electron chi connectivity index (χ2n) is 5.52. The highest BCUT2D eigenvalue weighted by Gasteiger charge is 2.22. The standard InChI is InChI=1S/C16H21N3O/c20-16(19-14-5-6-14)2-1-8-17-11-12-3-4-13-7-9-18-15(13)10-12/h3-4,7,9-10,14,17-18H,1-2,5-6,8,11H2,(H,19,20). The number of hydrogen-bond donors (Lipinski definition) is 3. The summed E-state index contributed by atoms with van der Waals surface area (Å²) in [6, 6.07) is 8.99. The minimum atomic E-state index is 0.196. The molecule has 20 heavy (non-hydrogen) atoms. The number of aromatic nitrogens is 1. The van der Waals surface area contributed by atoms with Crippen molar-refractivity contribution >= 4 is 16.8 Å². The van der Waals surface area contributed by atoms with Crippen LogP contribution in [0, 0.1) is 0 Å². The third-order valence-corrected chi connectivity index (χ3v) is 3.65. The van der Waals surface area contributed by atoms with E-state index in [1.165, 1.54) is 16.5 Å². The number of carbonyl (C=O) groups excluding carboxylic acids is 1. The van der Waals surface area contributed by atoms with Crippen molar-refractivity contribution in [1.29, 1.82) is 0 Å². The van der Waals surface area contributed by atoms with Gasteiger partial charge in [-0.3, -0.25) is 4.79 Å². The van der Waals surface area contributed by atoms with Gasteiger partial charge in [-0.15, -0.1) is 0 Å². The topological polar surface area (TPSA) is 56.9 Å². The highest BCUT2D eigenvalue weighted by molar-refractivity contribution is 5.79. The van der Waals surface area contributed by atoms with Crippen LogP contribution in [0.15, 0.2) is 30.5 Å². The van der Waals surface area contributed by atoms with E-state index in [0.29, 0.717) is 12.5 Å². The molecule has 106 valence electrons. The third kappa shape index (κ3) is 3.61. The van der Waals surface area contributed by atoms with Crippen LogP contribution in [0.5, 0.6) is 0 Å². The number of fused-ring (bicyclic) bond motifs is 1. The van der Waals surface area contributed by atoms with Gasteiger partial charge in [0.1, 0.15) is 0 Å². The van der Waals surface area contributed by atoms with E-state index in [1.807, 2.05) is 6.20 Å². The Morgan fingerprint density at radius 1 is 1.30 bits per heavy atom. The summed E-state index contributed by atoms with van der Waals surface area (Å²) >= 11 is 0. The molecule has 1 aromatic heterocycles. The molecule has 1 fully saturated rings. The zero-order valence-corrected chi connectivity index (χ0v) is 11.6. The molecule has 1 aliphatic rings. The van der Waals surface area contributed by atoms with E-state index in [9.17, 15) is 4.79 Å². The molecule has 3 N–H and O–H groups in total. The number of carbonyl (C=O) groups is 1. The van der Waals surface area contributed by atoms with Gasteiger partial charge in [0.2, 0.25) is 5.91 Å². The van der Waals surface area contributed by atoms with E-state index in [2.05, 4.69) is 39.9 Å². The molecular weight excluding hydrogens is 250 g/mol. The van der Waals surface area contributed by atoms with Gasteiger partial charge in [0.05, 0.1) is 0 Å². The molecule has 1 amide bonds. The first-order chi connectivity index (χ1) is 9.81. The Labute approximate surface area is 118 Å². The van der Waals surface area contributed by atoms with E-state index in [-0.39, 0.29) is 5.91 Å². The minimum Gasteiger partial charge on any atom is -0.361 e. The van der Waals surface area contributed by atoms with Gasteiger partial charge >= 0.3 is 0 Å². The van der Waals surface area contributed by atoms with Crippen molar-refractivity contribution in [2.75, 3.05) is 6.54 Å². The Kier molecular flexibility index (Phi) is 4.02. The van der Waals surface area contributed by atoms with Crippen LogP contribution in [0.1, 0.15) is 31.2 Å². The first-order valence-corrected chi connectivity index (χ1v) is 7.37. The zero-order valence-electron chi connectivity index (χ0n) is 11.6. The van der Waals surface area contributed by atoms with Crippen LogP contribution in [-0.4, -0.2) is 23.5 Å². The number of aromatic amines is 1. The molecule has 3 rings (SSSR count). The van der Waals surface area contributed by atoms with Gasteiger partial charge in [-0.1, -0.05) is 12.1 Å². The maximum absolute atomic E-state index is 11.5. The van der Waals surface area contributed by atoms with Gasteiger partial charge in [0.25, 0.3) is 0 Å². The molecule has 0 saturated heterocycles. The SMILES string of the molecule is O=C(CCCNCc1ccc2cc[nH]c2c1)NC1CC1. The molecule has 1 heterocycles. The molecule has 1 saturated carbocycles. The lowest BCUT2D eigenvalue weighted by Gasteiger charge is -2.06. The lowest BCUT2D eigenvalue weighted by Crippen LogP contribution is -2.26. The number of amides is 1. The van der Waals surface area contributed by atoms with Gasteiger partial charge in [-0.25, -0.2) is 0 Å². The monoisotopic (exact) mass is 271 g/mol. The second-order valence-corrected chi connectivity index (χ2v) is 5.52. The summed E-state index contributed by atoms with van der Waals surface area (Å²) in [4.78, 5) is 14.7. The molecular formula is C16H21N3O. The fraction of sp³-hybridized carbons (Fsp3) is 0.438. The number of benzene rings is 1. The van der Waals surface area contributed by atoms with Crippen LogP contribution in [-0.2, 0) is 11.3 Å². The summed E-state index contributed by atoms with van der Waals surface area (Å²) in [5.74, 6) is 0.196. The number of nitrogens with one attached hydrogen (secondary N) is 3. The Morgan fingerprint density at radius 2 is 2.20 bits per heavy atom. The third-order valence-electron chi connectivity index (χ3n) is 3.65. The molecule has 0 unspecified atom stereocenters. The molecule has 4 nitrogen and oxygen atoms in total. The lowest BCUT2D eigenvalue weighted by molar-refractivity contribution is -0.121. The first kappa shape index (κ1) is 13.2. The summed E-state index contributed by atoms with van der Waals surface area (Å²) in [7, 11) is 0. The van der Waals surface area contributed by atoms with E-state index in [1.54, 1.807) is 0 Å². The van der Waals surface area contributed by atoms with Crippen LogP contribution in [0.2, 0.25) is 0 Å². The summed E-state index contributed by atoms with van der Waals surface area (Å²) in [5.41, 5.74) is 2.44. The molecule has 0 bridgehead atoms. The summed E-state index contributed by atoms with van der Waals surface area (Å²) < 4.78 is 0. The molecule has 2 aromatic rings. The van der Waals surface area contributed by atoms with Crippen LogP contribution in [0.4, 0.5) is 0 Å². The van der Waals surface area contributed by atoms with Crippen molar-refractivity contribution in [3.05, 3.63) is 36.0 Å². The van der Waals surface area contributed by atoms with Crippen molar-refractivity contribution in [2.45, 2.75) is 38.3 Å². The van der Waals surface area contributed by atoms with E-state index >= 15 is 0 Å². The molecule has 0 spiro atoms. The molecule has 0 radical (unpaired) electrons. The predicted molar refractivity (Wildman–Crippen MR) is 80.4 cm³/mol. The molecule has 0 atom stereocenters. The summed E-state index contributed by atoms with van der Waals surface area (Å²) in [6.07, 6.45) is 5.79. The molecule has 4 heteroatoms. The second kappa shape index (κ2) is 6.09. The fourth-order valence-corrected chi connectivity index (χ4v) is 2.34. The van der Waals surface area contributed by atoms with Crippen molar-refractivity contribution < 1.29 is 4.79 Å². The lowest BCUT2D eigenvalue weighted by atomic mass is 10.1. The quantitative estimate of drug-likeness (QED) is 0.677. The van der Waals surface area contributed by atoms with Crippen LogP contribution in [0.3, 0.4) is 0 Å². The van der Waals surface area contributed by atoms with Crippen LogP contribution < -0.4 is 10.6 Å². The van der Waals surface area contributed by atoms with Crippen LogP contribution >= 0.6 is 0 Å². The van der Waals surface area contributed by atoms with Crippen LogP contribution in [0.25, 0.3) is 10.9 Å². The number of H-pyrrole nitrogens is 1. The first-order valence-electron chi connectivity index (χ1n) is 7.37. The summed E-state index contributed by atoms with van der Waals surface area (Å²) in [5, 5.41) is 7.64. The van der Waals surface area contributed by atoms with Gasteiger partial charge in [-0.2, -0.15) is 0 Å². The Bertz CT molecular complexity index is 586. The van der Waals surface area contributed by atoms with Gasteiger partial charge in [-0.05, 0) is 48.9 Å². The van der Waals surface area contributed by atoms with Crippen molar-refractivity contribution in [3.8, 4) is 0 Å². The normalized spacial score (nSPS) is 14.6. The van der Waals surface area contributed by atoms with E-state index < -0.39 is 0 Å². The van der Waals surface area contributed by atoms with Gasteiger partial charge in [0, 0.05) is 30.7 Å². The number of rotatable bonds is 7. The molecule has 1 aromatic carbocycles. The van der Waals surface area contributed by atoms with Crippen molar-refractivity contribution in [2.24, 2.45) is 0 Å². The Hall–Kier alpha value is -1.81. The largest absolute Gasteiger partial charge is 0.361 e. The molecule has 0 aliphatic heterocycles. The van der Waals surface area contributed by atoms with Gasteiger partial charge in [0.15, 0.2) is 0 Å². The van der Waals surface area contributed by atoms with Crippen molar-refractivity contribution in [1.82, 2.24) is 15.6 Å². The smallest absolute Gasteiger partial charge is 0.220 e. The Balaban J connectivity index is 1.35. The van der Waals surface area contributed by atoms with Crippen molar-refractivity contribution in [3.63, 3.8) is 0 Å². The highest BCUT2D eigenvalue weighted by atomic mass is 16.1. The van der Waals surface area contributed by atoms with E-state index in [4.69, 9.17) is 0 Å². The maximum Gasteiger partial charge on any atom is 0.220 e. The molecule has 1 aliphatic carbocycles. The Morgan fingerprint density at radius 3 is 3.05 bits per heavy atom. The fourth-order valence-electron chi connectivity index (χ4n) is 2.34. The predicted octanol–water partition coefficient (Wildman–Crippen LogP) is 2.32. The minimum absolute atomic E-state index is 0.196. The zero-order chi connectivity index (χ0) is 13.8. The maximum atomic E-state index is 11.5. The average Bonchev–Trinajstić information content (AvgIpc) is 3.13. The number of hydrogen-bond acceptors (Lipinski definition) is 2. The average molecular weight is 271 g/mol. The van der Waals surface area contributed by atoms with E-state index in [0.717, 1.165) is 32.4 Å².